The topological polar surface area (TPSA) is 57.9 Å². The lowest BCUT2D eigenvalue weighted by molar-refractivity contribution is 0.779. The molecular weight excluding hydrogens is 164 g/mol. The molecule has 0 radical (unpaired) electrons. The van der Waals surface area contributed by atoms with Crippen molar-refractivity contribution in [1.29, 1.82) is 0 Å². The molecule has 0 unspecified atom stereocenters. The molecule has 0 aliphatic heterocycles. The maximum atomic E-state index is 5.78. The Labute approximate surface area is 78.1 Å². The number of aromatic nitrogens is 2. The molecule has 0 saturated heterocycles. The van der Waals surface area contributed by atoms with Crippen molar-refractivity contribution in [2.24, 2.45) is 5.92 Å². The summed E-state index contributed by atoms with van der Waals surface area (Å²) >= 11 is 0. The third-order valence-corrected chi connectivity index (χ3v) is 2.42. The average molecular weight is 180 g/mol. The van der Waals surface area contributed by atoms with Crippen LogP contribution < -0.4 is 10.6 Å². The second kappa shape index (κ2) is 2.94. The summed E-state index contributed by atoms with van der Waals surface area (Å²) in [6.07, 6.45) is 2.71. The summed E-state index contributed by atoms with van der Waals surface area (Å²) in [7, 11) is 2.05. The first kappa shape index (κ1) is 8.41. The summed E-state index contributed by atoms with van der Waals surface area (Å²) in [4.78, 5) is 9.48. The SMILES string of the molecule is Cc1nc(N(C)CC2CC2)c(N)[nH]1. The van der Waals surface area contributed by atoms with Gasteiger partial charge in [-0.05, 0) is 25.7 Å². The predicted octanol–water partition coefficient (Wildman–Crippen LogP) is 1.15. The van der Waals surface area contributed by atoms with Crippen LogP contribution in [0.25, 0.3) is 0 Å². The molecule has 1 aromatic heterocycles. The van der Waals surface area contributed by atoms with Crippen molar-refractivity contribution in [3.63, 3.8) is 0 Å². The molecule has 4 nitrogen and oxygen atoms in total. The Bertz CT molecular complexity index is 301. The quantitative estimate of drug-likeness (QED) is 0.733. The summed E-state index contributed by atoms with van der Waals surface area (Å²) in [5, 5.41) is 0. The first-order valence-electron chi connectivity index (χ1n) is 4.70. The lowest BCUT2D eigenvalue weighted by Gasteiger charge is -2.16. The number of rotatable bonds is 3. The van der Waals surface area contributed by atoms with E-state index in [4.69, 9.17) is 5.73 Å². The monoisotopic (exact) mass is 180 g/mol. The summed E-state index contributed by atoms with van der Waals surface area (Å²) in [6.45, 7) is 3.00. The van der Waals surface area contributed by atoms with Crippen LogP contribution in [0.1, 0.15) is 18.7 Å². The molecular formula is C9H16N4. The van der Waals surface area contributed by atoms with Crippen molar-refractivity contribution >= 4 is 11.6 Å². The molecule has 13 heavy (non-hydrogen) atoms. The highest BCUT2D eigenvalue weighted by atomic mass is 15.2. The molecule has 1 saturated carbocycles. The van der Waals surface area contributed by atoms with Crippen LogP contribution in [0.3, 0.4) is 0 Å². The zero-order valence-corrected chi connectivity index (χ0v) is 8.17. The second-order valence-corrected chi connectivity index (χ2v) is 3.88. The van der Waals surface area contributed by atoms with Gasteiger partial charge in [-0.1, -0.05) is 0 Å². The number of nitrogens with one attached hydrogen (secondary N) is 1. The fraction of sp³-hybridized carbons (Fsp3) is 0.667. The minimum Gasteiger partial charge on any atom is -0.382 e. The summed E-state index contributed by atoms with van der Waals surface area (Å²) < 4.78 is 0. The highest BCUT2D eigenvalue weighted by Gasteiger charge is 2.24. The van der Waals surface area contributed by atoms with E-state index in [2.05, 4.69) is 14.9 Å². The van der Waals surface area contributed by atoms with E-state index in [-0.39, 0.29) is 0 Å². The molecule has 2 rings (SSSR count). The summed E-state index contributed by atoms with van der Waals surface area (Å²) in [5.74, 6) is 3.32. The number of anilines is 2. The van der Waals surface area contributed by atoms with Gasteiger partial charge < -0.3 is 15.6 Å². The van der Waals surface area contributed by atoms with Crippen LogP contribution in [0.4, 0.5) is 11.6 Å². The van der Waals surface area contributed by atoms with Crippen LogP contribution in [0.5, 0.6) is 0 Å². The highest BCUT2D eigenvalue weighted by Crippen LogP contribution is 2.31. The molecule has 1 aromatic rings. The molecule has 0 spiro atoms. The van der Waals surface area contributed by atoms with Gasteiger partial charge in [0.25, 0.3) is 0 Å². The van der Waals surface area contributed by atoms with Crippen LogP contribution >= 0.6 is 0 Å². The first-order chi connectivity index (χ1) is 6.16. The van der Waals surface area contributed by atoms with Gasteiger partial charge in [0.05, 0.1) is 0 Å². The van der Waals surface area contributed by atoms with Gasteiger partial charge in [0.1, 0.15) is 11.6 Å². The minimum absolute atomic E-state index is 0.681. The maximum absolute atomic E-state index is 5.78. The first-order valence-corrected chi connectivity index (χ1v) is 4.70. The number of nitrogens with zero attached hydrogens (tertiary/aromatic N) is 2. The van der Waals surface area contributed by atoms with E-state index in [0.717, 1.165) is 24.1 Å². The predicted molar refractivity (Wildman–Crippen MR) is 53.7 cm³/mol. The molecule has 0 amide bonds. The number of H-pyrrole nitrogens is 1. The van der Waals surface area contributed by atoms with Gasteiger partial charge >= 0.3 is 0 Å². The van der Waals surface area contributed by atoms with Crippen LogP contribution in [0, 0.1) is 12.8 Å². The maximum Gasteiger partial charge on any atom is 0.171 e. The third-order valence-electron chi connectivity index (χ3n) is 2.42. The number of nitrogen functional groups attached to an aromatic ring is 1. The Morgan fingerprint density at radius 3 is 2.77 bits per heavy atom. The average Bonchev–Trinajstić information content (AvgIpc) is 2.77. The van der Waals surface area contributed by atoms with Crippen LogP contribution in [-0.2, 0) is 0 Å². The lowest BCUT2D eigenvalue weighted by Crippen LogP contribution is -2.21. The smallest absolute Gasteiger partial charge is 0.171 e. The van der Waals surface area contributed by atoms with Crippen molar-refractivity contribution < 1.29 is 0 Å². The highest BCUT2D eigenvalue weighted by molar-refractivity contribution is 5.58. The van der Waals surface area contributed by atoms with E-state index in [1.54, 1.807) is 0 Å². The number of nitrogens with two attached hydrogens (primary N) is 1. The van der Waals surface area contributed by atoms with Gasteiger partial charge in [-0.2, -0.15) is 0 Å². The molecule has 1 fully saturated rings. The van der Waals surface area contributed by atoms with Crippen LogP contribution in [-0.4, -0.2) is 23.6 Å². The molecule has 3 N–H and O–H groups in total. The Kier molecular flexibility index (Phi) is 1.90. The summed E-state index contributed by atoms with van der Waals surface area (Å²) in [6, 6.07) is 0. The number of hydrogen-bond donors (Lipinski definition) is 2. The third kappa shape index (κ3) is 1.76. The zero-order valence-electron chi connectivity index (χ0n) is 8.17. The van der Waals surface area contributed by atoms with E-state index < -0.39 is 0 Å². The van der Waals surface area contributed by atoms with Crippen LogP contribution in [0.2, 0.25) is 0 Å². The van der Waals surface area contributed by atoms with Gasteiger partial charge in [-0.25, -0.2) is 4.98 Å². The van der Waals surface area contributed by atoms with E-state index in [1.165, 1.54) is 12.8 Å². The number of hydrogen-bond acceptors (Lipinski definition) is 3. The van der Waals surface area contributed by atoms with Gasteiger partial charge in [0.2, 0.25) is 0 Å². The molecule has 0 aromatic carbocycles. The molecule has 0 atom stereocenters. The van der Waals surface area contributed by atoms with Gasteiger partial charge in [0, 0.05) is 13.6 Å². The van der Waals surface area contributed by atoms with Crippen molar-refractivity contribution in [1.82, 2.24) is 9.97 Å². The fourth-order valence-electron chi connectivity index (χ4n) is 1.56. The van der Waals surface area contributed by atoms with Gasteiger partial charge in [-0.3, -0.25) is 0 Å². The lowest BCUT2D eigenvalue weighted by atomic mass is 10.4. The molecule has 4 heteroatoms. The van der Waals surface area contributed by atoms with E-state index >= 15 is 0 Å². The molecule has 1 aliphatic rings. The second-order valence-electron chi connectivity index (χ2n) is 3.88. The molecule has 1 aliphatic carbocycles. The normalized spacial score (nSPS) is 16.2. The zero-order chi connectivity index (χ0) is 9.42. The summed E-state index contributed by atoms with van der Waals surface area (Å²) in [5.41, 5.74) is 5.78. The Hall–Kier alpha value is -1.19. The molecule has 0 bridgehead atoms. The van der Waals surface area contributed by atoms with Crippen LogP contribution in [0.15, 0.2) is 0 Å². The van der Waals surface area contributed by atoms with Crippen molar-refractivity contribution in [3.05, 3.63) is 5.82 Å². The Balaban J connectivity index is 2.08. The number of imidazole rings is 1. The van der Waals surface area contributed by atoms with E-state index in [1.807, 2.05) is 14.0 Å². The Morgan fingerprint density at radius 1 is 1.62 bits per heavy atom. The van der Waals surface area contributed by atoms with Gasteiger partial charge in [-0.15, -0.1) is 0 Å². The van der Waals surface area contributed by atoms with Crippen molar-refractivity contribution in [2.45, 2.75) is 19.8 Å². The fourth-order valence-corrected chi connectivity index (χ4v) is 1.56. The van der Waals surface area contributed by atoms with E-state index in [9.17, 15) is 0 Å². The molecule has 72 valence electrons. The Morgan fingerprint density at radius 2 is 2.31 bits per heavy atom. The molecule has 1 heterocycles. The standard InChI is InChI=1S/C9H16N4/c1-6-11-8(10)9(12-6)13(2)5-7-3-4-7/h7H,3-5,10H2,1-2H3,(H,11,12). The largest absolute Gasteiger partial charge is 0.382 e. The number of aryl methyl sites for hydroxylation is 1. The van der Waals surface area contributed by atoms with E-state index in [0.29, 0.717) is 5.82 Å². The van der Waals surface area contributed by atoms with Gasteiger partial charge in [0.15, 0.2) is 5.82 Å². The number of aromatic amines is 1. The minimum atomic E-state index is 0.681. The van der Waals surface area contributed by atoms with Crippen molar-refractivity contribution in [3.8, 4) is 0 Å². The van der Waals surface area contributed by atoms with Crippen molar-refractivity contribution in [2.75, 3.05) is 24.2 Å².